The topological polar surface area (TPSA) is 74.3 Å². The predicted octanol–water partition coefficient (Wildman–Crippen LogP) is 6.31. The van der Waals surface area contributed by atoms with Crippen molar-refractivity contribution in [1.29, 1.82) is 0 Å². The smallest absolute Gasteiger partial charge is 0.293 e. The Labute approximate surface area is 224 Å². The third-order valence-electron chi connectivity index (χ3n) is 5.19. The highest BCUT2D eigenvalue weighted by Gasteiger charge is 2.34. The molecule has 3 aromatic carbocycles. The number of amides is 2. The molecule has 0 spiro atoms. The first-order valence-electron chi connectivity index (χ1n) is 11.7. The predicted molar refractivity (Wildman–Crippen MR) is 145 cm³/mol. The van der Waals surface area contributed by atoms with Crippen LogP contribution in [0.25, 0.3) is 6.08 Å². The van der Waals surface area contributed by atoms with Crippen LogP contribution in [0.2, 0.25) is 5.02 Å². The molecule has 4 rings (SSSR count). The van der Waals surface area contributed by atoms with Crippen LogP contribution in [0.4, 0.5) is 4.79 Å². The van der Waals surface area contributed by atoms with E-state index in [2.05, 4.69) is 0 Å². The van der Waals surface area contributed by atoms with Crippen LogP contribution in [0.3, 0.4) is 0 Å². The van der Waals surface area contributed by atoms with E-state index in [1.807, 2.05) is 43.3 Å². The summed E-state index contributed by atoms with van der Waals surface area (Å²) < 4.78 is 22.9. The zero-order valence-electron chi connectivity index (χ0n) is 20.2. The highest BCUT2D eigenvalue weighted by atomic mass is 35.5. The first kappa shape index (κ1) is 26.4. The van der Waals surface area contributed by atoms with Gasteiger partial charge in [-0.3, -0.25) is 14.5 Å². The van der Waals surface area contributed by atoms with Gasteiger partial charge in [-0.2, -0.15) is 0 Å². The van der Waals surface area contributed by atoms with Crippen LogP contribution in [0.15, 0.2) is 77.7 Å². The fraction of sp³-hybridized carbons (Fsp3) is 0.214. The zero-order chi connectivity index (χ0) is 26.0. The van der Waals surface area contributed by atoms with Gasteiger partial charge in [0.15, 0.2) is 11.5 Å². The van der Waals surface area contributed by atoms with Crippen molar-refractivity contribution >= 4 is 40.6 Å². The van der Waals surface area contributed by atoms with Gasteiger partial charge in [0, 0.05) is 5.02 Å². The van der Waals surface area contributed by atoms with E-state index in [0.717, 1.165) is 23.1 Å². The summed E-state index contributed by atoms with van der Waals surface area (Å²) in [6, 6.07) is 21.8. The Morgan fingerprint density at radius 2 is 1.51 bits per heavy atom. The second-order valence-electron chi connectivity index (χ2n) is 7.78. The van der Waals surface area contributed by atoms with E-state index < -0.39 is 0 Å². The van der Waals surface area contributed by atoms with Crippen molar-refractivity contribution in [1.82, 2.24) is 4.90 Å². The summed E-state index contributed by atoms with van der Waals surface area (Å²) >= 11 is 6.77. The van der Waals surface area contributed by atoms with Gasteiger partial charge in [-0.25, -0.2) is 0 Å². The van der Waals surface area contributed by atoms with Crippen LogP contribution in [0.5, 0.6) is 23.0 Å². The minimum absolute atomic E-state index is 0.145. The minimum Gasteiger partial charge on any atom is -0.492 e. The number of hydrogen-bond acceptors (Lipinski definition) is 7. The van der Waals surface area contributed by atoms with E-state index in [9.17, 15) is 9.59 Å². The fourth-order valence-electron chi connectivity index (χ4n) is 3.46. The molecule has 0 saturated carbocycles. The number of nitrogens with zero attached hydrogens (tertiary/aromatic N) is 1. The zero-order valence-corrected chi connectivity index (χ0v) is 21.8. The van der Waals surface area contributed by atoms with Gasteiger partial charge < -0.3 is 18.9 Å². The van der Waals surface area contributed by atoms with Gasteiger partial charge in [0.25, 0.3) is 11.1 Å². The lowest BCUT2D eigenvalue weighted by molar-refractivity contribution is -0.123. The molecule has 9 heteroatoms. The molecule has 2 amide bonds. The molecule has 0 unspecified atom stereocenters. The fourth-order valence-corrected chi connectivity index (χ4v) is 4.45. The minimum atomic E-state index is -0.356. The maximum atomic E-state index is 12.8. The summed E-state index contributed by atoms with van der Waals surface area (Å²) in [4.78, 5) is 26.8. The maximum Gasteiger partial charge on any atom is 0.293 e. The Kier molecular flexibility index (Phi) is 9.35. The van der Waals surface area contributed by atoms with Crippen molar-refractivity contribution in [3.63, 3.8) is 0 Å². The summed E-state index contributed by atoms with van der Waals surface area (Å²) in [5.41, 5.74) is 0.722. The number of rotatable bonds is 12. The summed E-state index contributed by atoms with van der Waals surface area (Å²) in [6.45, 7) is 3.38. The summed E-state index contributed by atoms with van der Waals surface area (Å²) in [5, 5.41) is 0.270. The van der Waals surface area contributed by atoms with Crippen LogP contribution in [-0.2, 0) is 4.79 Å². The third-order valence-corrected chi connectivity index (χ3v) is 6.35. The number of hydrogen-bond donors (Lipinski definition) is 0. The number of carbonyl (C=O) groups excluding carboxylic acids is 2. The lowest BCUT2D eigenvalue weighted by Crippen LogP contribution is -2.32. The Morgan fingerprint density at radius 1 is 0.811 bits per heavy atom. The number of halogens is 1. The van der Waals surface area contributed by atoms with Crippen LogP contribution in [0, 0.1) is 0 Å². The SMILES string of the molecule is CCOc1cc(/C=C2\SC(=O)N(CCOc3ccc(Cl)cc3)C2=O)ccc1OCCOc1ccccc1. The average Bonchev–Trinajstić information content (AvgIpc) is 3.17. The Morgan fingerprint density at radius 3 is 2.27 bits per heavy atom. The number of ether oxygens (including phenoxy) is 4. The highest BCUT2D eigenvalue weighted by Crippen LogP contribution is 2.34. The molecule has 0 radical (unpaired) electrons. The van der Waals surface area contributed by atoms with Gasteiger partial charge in [-0.1, -0.05) is 35.9 Å². The first-order chi connectivity index (χ1) is 18.0. The van der Waals surface area contributed by atoms with E-state index in [1.54, 1.807) is 42.5 Å². The number of para-hydroxylation sites is 1. The van der Waals surface area contributed by atoms with Crippen LogP contribution in [-0.4, -0.2) is 49.0 Å². The van der Waals surface area contributed by atoms with Crippen molar-refractivity contribution in [2.24, 2.45) is 0 Å². The summed E-state index contributed by atoms with van der Waals surface area (Å²) in [7, 11) is 0. The van der Waals surface area contributed by atoms with E-state index >= 15 is 0 Å². The molecule has 0 atom stereocenters. The number of carbonyl (C=O) groups is 2. The number of imide groups is 1. The van der Waals surface area contributed by atoms with Gasteiger partial charge in [-0.15, -0.1) is 0 Å². The van der Waals surface area contributed by atoms with Crippen molar-refractivity contribution in [2.75, 3.05) is 33.0 Å². The second-order valence-corrected chi connectivity index (χ2v) is 9.21. The van der Waals surface area contributed by atoms with Crippen molar-refractivity contribution in [3.8, 4) is 23.0 Å². The van der Waals surface area contributed by atoms with Crippen LogP contribution in [0.1, 0.15) is 12.5 Å². The largest absolute Gasteiger partial charge is 0.492 e. The monoisotopic (exact) mass is 539 g/mol. The Bertz CT molecular complexity index is 1250. The van der Waals surface area contributed by atoms with Crippen LogP contribution >= 0.6 is 23.4 Å². The molecular weight excluding hydrogens is 514 g/mol. The lowest BCUT2D eigenvalue weighted by atomic mass is 10.2. The van der Waals surface area contributed by atoms with Crippen molar-refractivity contribution in [3.05, 3.63) is 88.3 Å². The molecule has 0 N–H and O–H groups in total. The molecule has 1 heterocycles. The summed E-state index contributed by atoms with van der Waals surface area (Å²) in [6.07, 6.45) is 1.68. The Hall–Kier alpha value is -3.62. The van der Waals surface area contributed by atoms with E-state index in [-0.39, 0.29) is 24.3 Å². The molecule has 7 nitrogen and oxygen atoms in total. The van der Waals surface area contributed by atoms with Gasteiger partial charge in [0.1, 0.15) is 31.3 Å². The lowest BCUT2D eigenvalue weighted by Gasteiger charge is -2.14. The molecule has 0 bridgehead atoms. The molecule has 1 aliphatic heterocycles. The Balaban J connectivity index is 1.35. The second kappa shape index (κ2) is 13.1. The van der Waals surface area contributed by atoms with Crippen molar-refractivity contribution in [2.45, 2.75) is 6.92 Å². The molecule has 1 saturated heterocycles. The van der Waals surface area contributed by atoms with Gasteiger partial charge >= 0.3 is 0 Å². The number of thioether (sulfide) groups is 1. The molecule has 0 aromatic heterocycles. The third kappa shape index (κ3) is 7.44. The standard InChI is InChI=1S/C28H26ClNO6S/c1-2-33-25-18-20(8-13-24(25)36-17-16-35-22-6-4-3-5-7-22)19-26-27(31)30(28(32)37-26)14-15-34-23-11-9-21(29)10-12-23/h3-13,18-19H,2,14-17H2,1H3/b26-19-. The van der Waals surface area contributed by atoms with E-state index in [1.165, 1.54) is 4.90 Å². The van der Waals surface area contributed by atoms with Crippen molar-refractivity contribution < 1.29 is 28.5 Å². The molecular formula is C28H26ClNO6S. The van der Waals surface area contributed by atoms with Gasteiger partial charge in [0.2, 0.25) is 0 Å². The highest BCUT2D eigenvalue weighted by molar-refractivity contribution is 8.18. The quantitative estimate of drug-likeness (QED) is 0.197. The first-order valence-corrected chi connectivity index (χ1v) is 12.9. The molecule has 37 heavy (non-hydrogen) atoms. The average molecular weight is 540 g/mol. The molecule has 192 valence electrons. The van der Waals surface area contributed by atoms with Gasteiger partial charge in [0.05, 0.1) is 18.1 Å². The molecule has 1 aliphatic rings. The van der Waals surface area contributed by atoms with Gasteiger partial charge in [-0.05, 0) is 78.9 Å². The maximum absolute atomic E-state index is 12.8. The number of benzene rings is 3. The molecule has 0 aliphatic carbocycles. The molecule has 3 aromatic rings. The van der Waals surface area contributed by atoms with E-state index in [4.69, 9.17) is 30.5 Å². The van der Waals surface area contributed by atoms with Crippen LogP contribution < -0.4 is 18.9 Å². The normalized spacial score (nSPS) is 14.2. The summed E-state index contributed by atoms with van der Waals surface area (Å²) in [5.74, 6) is 2.15. The molecule has 1 fully saturated rings. The van der Waals surface area contributed by atoms with E-state index in [0.29, 0.717) is 47.0 Å².